The van der Waals surface area contributed by atoms with E-state index in [1.165, 1.54) is 19.3 Å². The first-order valence-corrected chi connectivity index (χ1v) is 7.52. The van der Waals surface area contributed by atoms with Crippen molar-refractivity contribution in [2.24, 2.45) is 0 Å². The van der Waals surface area contributed by atoms with Gasteiger partial charge >= 0.3 is 5.97 Å². The topological polar surface area (TPSA) is 29.5 Å². The maximum Gasteiger partial charge on any atom is 0.340 e. The number of anilines is 1. The molecule has 0 bridgehead atoms. The summed E-state index contributed by atoms with van der Waals surface area (Å²) < 4.78 is 6.21. The third kappa shape index (κ3) is 3.16. The van der Waals surface area contributed by atoms with E-state index in [0.717, 1.165) is 22.3 Å². The number of rotatable bonds is 3. The summed E-state index contributed by atoms with van der Waals surface area (Å²) in [7, 11) is 0. The van der Waals surface area contributed by atoms with Crippen LogP contribution >= 0.6 is 22.6 Å². The van der Waals surface area contributed by atoms with E-state index in [0.29, 0.717) is 12.2 Å². The normalized spacial score (nSPS) is 15.6. The second kappa shape index (κ2) is 6.41. The average molecular weight is 359 g/mol. The molecule has 0 N–H and O–H groups in total. The summed E-state index contributed by atoms with van der Waals surface area (Å²) in [5.74, 6) is -0.211. The largest absolute Gasteiger partial charge is 0.462 e. The van der Waals surface area contributed by atoms with Gasteiger partial charge in [-0.15, -0.1) is 0 Å². The Kier molecular flexibility index (Phi) is 4.86. The SMILES string of the molecule is CCOC(=O)c1cc(I)ccc1N1CCCCC1. The lowest BCUT2D eigenvalue weighted by molar-refractivity contribution is 0.0527. The van der Waals surface area contributed by atoms with Gasteiger partial charge in [0.2, 0.25) is 0 Å². The summed E-state index contributed by atoms with van der Waals surface area (Å²) in [6.07, 6.45) is 3.69. The number of hydrogen-bond donors (Lipinski definition) is 0. The van der Waals surface area contributed by atoms with Crippen molar-refractivity contribution in [2.75, 3.05) is 24.6 Å². The molecule has 0 aromatic heterocycles. The van der Waals surface area contributed by atoms with Crippen LogP contribution in [-0.2, 0) is 4.74 Å². The quantitative estimate of drug-likeness (QED) is 0.612. The molecule has 0 spiro atoms. The number of carbonyl (C=O) groups is 1. The van der Waals surface area contributed by atoms with Crippen molar-refractivity contribution in [1.29, 1.82) is 0 Å². The smallest absolute Gasteiger partial charge is 0.340 e. The molecule has 1 fully saturated rings. The van der Waals surface area contributed by atoms with Crippen LogP contribution < -0.4 is 4.90 Å². The van der Waals surface area contributed by atoms with Crippen LogP contribution in [0.15, 0.2) is 18.2 Å². The zero-order valence-corrected chi connectivity index (χ0v) is 12.8. The second-order valence-corrected chi connectivity index (χ2v) is 5.68. The van der Waals surface area contributed by atoms with Crippen molar-refractivity contribution in [1.82, 2.24) is 0 Å². The fourth-order valence-corrected chi connectivity index (χ4v) is 2.78. The molecule has 0 aliphatic carbocycles. The van der Waals surface area contributed by atoms with Crippen LogP contribution in [0.4, 0.5) is 5.69 Å². The predicted molar refractivity (Wildman–Crippen MR) is 81.2 cm³/mol. The van der Waals surface area contributed by atoms with Gasteiger partial charge in [-0.2, -0.15) is 0 Å². The zero-order valence-electron chi connectivity index (χ0n) is 10.6. The van der Waals surface area contributed by atoms with Gasteiger partial charge in [0.15, 0.2) is 0 Å². The minimum atomic E-state index is -0.211. The first-order valence-electron chi connectivity index (χ1n) is 6.44. The minimum Gasteiger partial charge on any atom is -0.462 e. The van der Waals surface area contributed by atoms with Crippen molar-refractivity contribution in [2.45, 2.75) is 26.2 Å². The highest BCUT2D eigenvalue weighted by Gasteiger charge is 2.19. The summed E-state index contributed by atoms with van der Waals surface area (Å²) >= 11 is 2.23. The van der Waals surface area contributed by atoms with Crippen LogP contribution in [0.5, 0.6) is 0 Å². The van der Waals surface area contributed by atoms with Gasteiger partial charge in [0.25, 0.3) is 0 Å². The Bertz CT molecular complexity index is 428. The van der Waals surface area contributed by atoms with E-state index < -0.39 is 0 Å². The third-order valence-electron chi connectivity index (χ3n) is 3.15. The standard InChI is InChI=1S/C14H18INO2/c1-2-18-14(17)12-10-11(15)6-7-13(12)16-8-4-3-5-9-16/h6-7,10H,2-5,8-9H2,1H3. The lowest BCUT2D eigenvalue weighted by Crippen LogP contribution is -2.31. The Labute approximate surface area is 122 Å². The molecule has 0 radical (unpaired) electrons. The van der Waals surface area contributed by atoms with Crippen LogP contribution in [0.3, 0.4) is 0 Å². The monoisotopic (exact) mass is 359 g/mol. The maximum atomic E-state index is 12.0. The fraction of sp³-hybridized carbons (Fsp3) is 0.500. The van der Waals surface area contributed by atoms with Gasteiger partial charge in [-0.3, -0.25) is 0 Å². The second-order valence-electron chi connectivity index (χ2n) is 4.43. The van der Waals surface area contributed by atoms with Crippen molar-refractivity contribution in [3.8, 4) is 0 Å². The van der Waals surface area contributed by atoms with Gasteiger partial charge in [0.1, 0.15) is 0 Å². The highest BCUT2D eigenvalue weighted by Crippen LogP contribution is 2.26. The average Bonchev–Trinajstić information content (AvgIpc) is 2.40. The molecular formula is C14H18INO2. The van der Waals surface area contributed by atoms with E-state index in [2.05, 4.69) is 27.5 Å². The maximum absolute atomic E-state index is 12.0. The predicted octanol–water partition coefficient (Wildman–Crippen LogP) is 3.46. The molecule has 18 heavy (non-hydrogen) atoms. The Morgan fingerprint density at radius 1 is 1.33 bits per heavy atom. The number of ether oxygens (including phenoxy) is 1. The van der Waals surface area contributed by atoms with Crippen molar-refractivity contribution in [3.05, 3.63) is 27.3 Å². The summed E-state index contributed by atoms with van der Waals surface area (Å²) in [6, 6.07) is 6.01. The number of esters is 1. The molecule has 1 heterocycles. The lowest BCUT2D eigenvalue weighted by atomic mass is 10.1. The van der Waals surface area contributed by atoms with E-state index in [1.54, 1.807) is 0 Å². The van der Waals surface area contributed by atoms with E-state index >= 15 is 0 Å². The minimum absolute atomic E-state index is 0.211. The summed E-state index contributed by atoms with van der Waals surface area (Å²) in [4.78, 5) is 14.3. The summed E-state index contributed by atoms with van der Waals surface area (Å²) in [5.41, 5.74) is 1.72. The molecule has 2 rings (SSSR count). The van der Waals surface area contributed by atoms with Crippen LogP contribution in [-0.4, -0.2) is 25.7 Å². The van der Waals surface area contributed by atoms with Crippen LogP contribution in [0.1, 0.15) is 36.5 Å². The molecule has 1 aliphatic rings. The van der Waals surface area contributed by atoms with Gasteiger partial charge in [-0.05, 0) is 67.0 Å². The van der Waals surface area contributed by atoms with Crippen LogP contribution in [0.2, 0.25) is 0 Å². The Morgan fingerprint density at radius 3 is 2.72 bits per heavy atom. The Morgan fingerprint density at radius 2 is 2.06 bits per heavy atom. The van der Waals surface area contributed by atoms with E-state index in [4.69, 9.17) is 4.74 Å². The number of halogens is 1. The van der Waals surface area contributed by atoms with E-state index in [-0.39, 0.29) is 5.97 Å². The molecule has 4 heteroatoms. The highest BCUT2D eigenvalue weighted by atomic mass is 127. The molecule has 1 aliphatic heterocycles. The molecule has 0 unspecified atom stereocenters. The molecular weight excluding hydrogens is 341 g/mol. The lowest BCUT2D eigenvalue weighted by Gasteiger charge is -2.30. The van der Waals surface area contributed by atoms with Crippen LogP contribution in [0, 0.1) is 3.57 Å². The third-order valence-corrected chi connectivity index (χ3v) is 3.82. The number of hydrogen-bond acceptors (Lipinski definition) is 3. The van der Waals surface area contributed by atoms with Crippen LogP contribution in [0.25, 0.3) is 0 Å². The first kappa shape index (κ1) is 13.6. The highest BCUT2D eigenvalue weighted by molar-refractivity contribution is 14.1. The van der Waals surface area contributed by atoms with Gasteiger partial charge < -0.3 is 9.64 Å². The Balaban J connectivity index is 2.30. The molecule has 3 nitrogen and oxygen atoms in total. The number of piperidine rings is 1. The van der Waals surface area contributed by atoms with E-state index in [1.807, 2.05) is 25.1 Å². The summed E-state index contributed by atoms with van der Waals surface area (Å²) in [6.45, 7) is 4.33. The van der Waals surface area contributed by atoms with Gasteiger partial charge in [-0.25, -0.2) is 4.79 Å². The Hall–Kier alpha value is -0.780. The van der Waals surface area contributed by atoms with Gasteiger partial charge in [0, 0.05) is 16.7 Å². The molecule has 1 saturated heterocycles. The molecule has 0 amide bonds. The first-order chi connectivity index (χ1) is 8.72. The number of nitrogens with zero attached hydrogens (tertiary/aromatic N) is 1. The molecule has 1 aromatic carbocycles. The molecule has 0 atom stereocenters. The number of carbonyl (C=O) groups excluding carboxylic acids is 1. The zero-order chi connectivity index (χ0) is 13.0. The van der Waals surface area contributed by atoms with Crippen molar-refractivity contribution in [3.63, 3.8) is 0 Å². The van der Waals surface area contributed by atoms with Crippen molar-refractivity contribution >= 4 is 34.2 Å². The fourth-order valence-electron chi connectivity index (χ4n) is 2.29. The van der Waals surface area contributed by atoms with Gasteiger partial charge in [0.05, 0.1) is 17.9 Å². The molecule has 1 aromatic rings. The molecule has 98 valence electrons. The number of benzene rings is 1. The van der Waals surface area contributed by atoms with Gasteiger partial charge in [-0.1, -0.05) is 0 Å². The van der Waals surface area contributed by atoms with E-state index in [9.17, 15) is 4.79 Å². The van der Waals surface area contributed by atoms with Crippen molar-refractivity contribution < 1.29 is 9.53 Å². The summed E-state index contributed by atoms with van der Waals surface area (Å²) in [5, 5.41) is 0. The molecule has 0 saturated carbocycles.